The fraction of sp³-hybridized carbons (Fsp3) is 0.667. The van der Waals surface area contributed by atoms with Crippen molar-refractivity contribution in [3.05, 3.63) is 16.4 Å². The van der Waals surface area contributed by atoms with Crippen LogP contribution in [0.25, 0.3) is 0 Å². The van der Waals surface area contributed by atoms with Crippen LogP contribution in [-0.2, 0) is 7.05 Å². The first-order valence-electron chi connectivity index (χ1n) is 4.62. The molecule has 0 amide bonds. The number of nitrogens with one attached hydrogen (secondary N) is 1. The molecular weight excluding hydrogens is 186 g/mol. The van der Waals surface area contributed by atoms with Crippen LogP contribution in [0.15, 0.2) is 0 Å². The van der Waals surface area contributed by atoms with E-state index in [1.807, 2.05) is 14.0 Å². The van der Waals surface area contributed by atoms with E-state index in [9.17, 15) is 0 Å². The Morgan fingerprint density at radius 2 is 2.38 bits per heavy atom. The summed E-state index contributed by atoms with van der Waals surface area (Å²) in [5, 5.41) is 8.50. The standard InChI is InChI=1S/C9H14ClN3/c1-6-8(7-4-3-5-11-7)9(10)13(2)12-6/h7,11H,3-5H2,1-2H3/t7-/m1/s1. The van der Waals surface area contributed by atoms with Crippen LogP contribution in [-0.4, -0.2) is 16.3 Å². The molecule has 4 heteroatoms. The monoisotopic (exact) mass is 199 g/mol. The van der Waals surface area contributed by atoms with Crippen LogP contribution in [0.4, 0.5) is 0 Å². The van der Waals surface area contributed by atoms with Crippen molar-refractivity contribution in [3.63, 3.8) is 0 Å². The number of hydrogen-bond acceptors (Lipinski definition) is 2. The Hall–Kier alpha value is -0.540. The summed E-state index contributed by atoms with van der Waals surface area (Å²) in [6.07, 6.45) is 2.40. The van der Waals surface area contributed by atoms with Crippen molar-refractivity contribution in [1.29, 1.82) is 0 Å². The Bertz CT molecular complexity index is 313. The van der Waals surface area contributed by atoms with Crippen LogP contribution in [0.1, 0.15) is 30.1 Å². The Labute approximate surface area is 83.1 Å². The van der Waals surface area contributed by atoms with Gasteiger partial charge >= 0.3 is 0 Å². The Morgan fingerprint density at radius 1 is 1.62 bits per heavy atom. The van der Waals surface area contributed by atoms with Gasteiger partial charge in [0.15, 0.2) is 0 Å². The van der Waals surface area contributed by atoms with Crippen molar-refractivity contribution in [1.82, 2.24) is 15.1 Å². The maximum Gasteiger partial charge on any atom is 0.131 e. The molecule has 1 aromatic heterocycles. The Morgan fingerprint density at radius 3 is 2.85 bits per heavy atom. The highest BCUT2D eigenvalue weighted by Crippen LogP contribution is 2.30. The van der Waals surface area contributed by atoms with Crippen molar-refractivity contribution in [2.24, 2.45) is 7.05 Å². The molecule has 2 heterocycles. The van der Waals surface area contributed by atoms with Crippen molar-refractivity contribution in [2.75, 3.05) is 6.54 Å². The summed E-state index contributed by atoms with van der Waals surface area (Å²) in [7, 11) is 1.88. The van der Waals surface area contributed by atoms with Crippen molar-refractivity contribution in [2.45, 2.75) is 25.8 Å². The molecule has 1 fully saturated rings. The van der Waals surface area contributed by atoms with E-state index in [-0.39, 0.29) is 0 Å². The zero-order chi connectivity index (χ0) is 9.42. The predicted octanol–water partition coefficient (Wildman–Crippen LogP) is 1.81. The molecule has 0 spiro atoms. The number of nitrogens with zero attached hydrogens (tertiary/aromatic N) is 2. The van der Waals surface area contributed by atoms with E-state index < -0.39 is 0 Å². The molecule has 1 saturated heterocycles. The van der Waals surface area contributed by atoms with Gasteiger partial charge in [-0.05, 0) is 26.3 Å². The minimum absolute atomic E-state index is 0.418. The third-order valence-corrected chi connectivity index (χ3v) is 3.05. The number of aryl methyl sites for hydroxylation is 2. The summed E-state index contributed by atoms with van der Waals surface area (Å²) in [5.41, 5.74) is 2.23. The third-order valence-electron chi connectivity index (χ3n) is 2.60. The van der Waals surface area contributed by atoms with Gasteiger partial charge in [0.2, 0.25) is 0 Å². The second-order valence-corrected chi connectivity index (χ2v) is 3.92. The zero-order valence-electron chi connectivity index (χ0n) is 7.97. The van der Waals surface area contributed by atoms with Crippen LogP contribution in [0, 0.1) is 6.92 Å². The van der Waals surface area contributed by atoms with E-state index in [0.29, 0.717) is 6.04 Å². The van der Waals surface area contributed by atoms with E-state index in [2.05, 4.69) is 10.4 Å². The fourth-order valence-corrected chi connectivity index (χ4v) is 2.28. The van der Waals surface area contributed by atoms with Gasteiger partial charge in [0.05, 0.1) is 5.69 Å². The van der Waals surface area contributed by atoms with Gasteiger partial charge in [-0.2, -0.15) is 5.10 Å². The highest BCUT2D eigenvalue weighted by molar-refractivity contribution is 6.30. The van der Waals surface area contributed by atoms with Crippen LogP contribution < -0.4 is 5.32 Å². The van der Waals surface area contributed by atoms with Crippen molar-refractivity contribution in [3.8, 4) is 0 Å². The summed E-state index contributed by atoms with van der Waals surface area (Å²) in [4.78, 5) is 0. The largest absolute Gasteiger partial charge is 0.310 e. The van der Waals surface area contributed by atoms with Gasteiger partial charge in [0.25, 0.3) is 0 Å². The average Bonchev–Trinajstić information content (AvgIpc) is 2.63. The number of halogens is 1. The maximum atomic E-state index is 6.15. The molecule has 1 atom stereocenters. The van der Waals surface area contributed by atoms with E-state index >= 15 is 0 Å². The van der Waals surface area contributed by atoms with Gasteiger partial charge in [-0.25, -0.2) is 0 Å². The molecule has 0 radical (unpaired) electrons. The van der Waals surface area contributed by atoms with E-state index in [4.69, 9.17) is 11.6 Å². The summed E-state index contributed by atoms with van der Waals surface area (Å²) in [5.74, 6) is 0. The second kappa shape index (κ2) is 3.31. The van der Waals surface area contributed by atoms with Gasteiger partial charge in [0, 0.05) is 18.7 Å². The lowest BCUT2D eigenvalue weighted by atomic mass is 10.1. The summed E-state index contributed by atoms with van der Waals surface area (Å²) in [6, 6.07) is 0.418. The Kier molecular flexibility index (Phi) is 2.30. The number of hydrogen-bond donors (Lipinski definition) is 1. The molecule has 1 aliphatic heterocycles. The number of aromatic nitrogens is 2. The van der Waals surface area contributed by atoms with Gasteiger partial charge < -0.3 is 5.32 Å². The average molecular weight is 200 g/mol. The zero-order valence-corrected chi connectivity index (χ0v) is 8.73. The molecular formula is C9H14ClN3. The normalized spacial score (nSPS) is 22.5. The van der Waals surface area contributed by atoms with E-state index in [1.54, 1.807) is 4.68 Å². The molecule has 0 saturated carbocycles. The highest BCUT2D eigenvalue weighted by atomic mass is 35.5. The molecule has 0 unspecified atom stereocenters. The summed E-state index contributed by atoms with van der Waals surface area (Å²) >= 11 is 6.15. The summed E-state index contributed by atoms with van der Waals surface area (Å²) < 4.78 is 1.74. The third kappa shape index (κ3) is 1.46. The van der Waals surface area contributed by atoms with Crippen LogP contribution in [0.2, 0.25) is 5.15 Å². The SMILES string of the molecule is Cc1nn(C)c(Cl)c1[C@H]1CCCN1. The molecule has 1 aliphatic rings. The van der Waals surface area contributed by atoms with E-state index in [0.717, 1.165) is 17.4 Å². The second-order valence-electron chi connectivity index (χ2n) is 3.56. The van der Waals surface area contributed by atoms with Crippen LogP contribution >= 0.6 is 11.6 Å². The highest BCUT2D eigenvalue weighted by Gasteiger charge is 2.23. The van der Waals surface area contributed by atoms with Crippen LogP contribution in [0.5, 0.6) is 0 Å². The molecule has 0 bridgehead atoms. The molecule has 0 aromatic carbocycles. The lowest BCUT2D eigenvalue weighted by Gasteiger charge is -2.09. The first-order valence-corrected chi connectivity index (χ1v) is 5.00. The lowest BCUT2D eigenvalue weighted by molar-refractivity contribution is 0.643. The summed E-state index contributed by atoms with van der Waals surface area (Å²) in [6.45, 7) is 3.11. The van der Waals surface area contributed by atoms with Gasteiger partial charge in [-0.1, -0.05) is 11.6 Å². The van der Waals surface area contributed by atoms with Crippen molar-refractivity contribution >= 4 is 11.6 Å². The smallest absolute Gasteiger partial charge is 0.131 e. The van der Waals surface area contributed by atoms with Crippen molar-refractivity contribution < 1.29 is 0 Å². The molecule has 13 heavy (non-hydrogen) atoms. The quantitative estimate of drug-likeness (QED) is 0.748. The minimum Gasteiger partial charge on any atom is -0.310 e. The molecule has 3 nitrogen and oxygen atoms in total. The Balaban J connectivity index is 2.37. The van der Waals surface area contributed by atoms with E-state index in [1.165, 1.54) is 18.4 Å². The first kappa shape index (κ1) is 9.03. The molecule has 72 valence electrons. The van der Waals surface area contributed by atoms with Gasteiger partial charge in [0.1, 0.15) is 5.15 Å². The minimum atomic E-state index is 0.418. The first-order chi connectivity index (χ1) is 6.20. The fourth-order valence-electron chi connectivity index (χ4n) is 1.97. The molecule has 1 N–H and O–H groups in total. The topological polar surface area (TPSA) is 29.9 Å². The molecule has 0 aliphatic carbocycles. The predicted molar refractivity (Wildman–Crippen MR) is 52.9 cm³/mol. The maximum absolute atomic E-state index is 6.15. The van der Waals surface area contributed by atoms with Gasteiger partial charge in [-0.15, -0.1) is 0 Å². The molecule has 1 aromatic rings. The van der Waals surface area contributed by atoms with Gasteiger partial charge in [-0.3, -0.25) is 4.68 Å². The lowest BCUT2D eigenvalue weighted by Crippen LogP contribution is -2.13. The number of rotatable bonds is 1. The van der Waals surface area contributed by atoms with Crippen LogP contribution in [0.3, 0.4) is 0 Å². The molecule has 2 rings (SSSR count).